The second-order valence-corrected chi connectivity index (χ2v) is 6.18. The molecule has 140 valence electrons. The van der Waals surface area contributed by atoms with Crippen molar-refractivity contribution in [3.05, 3.63) is 11.8 Å². The zero-order chi connectivity index (χ0) is 19.0. The van der Waals surface area contributed by atoms with Crippen molar-refractivity contribution in [3.63, 3.8) is 0 Å². The minimum absolute atomic E-state index is 0.130. The maximum Gasteiger partial charge on any atom is 0.414 e. The quantitative estimate of drug-likeness (QED) is 0.585. The summed E-state index contributed by atoms with van der Waals surface area (Å²) in [6.07, 6.45) is 3.08. The molecule has 0 aliphatic carbocycles. The summed E-state index contributed by atoms with van der Waals surface area (Å²) in [4.78, 5) is 20.5. The van der Waals surface area contributed by atoms with Crippen LogP contribution in [0.4, 0.5) is 0 Å². The number of rotatable bonds is 5. The molecule has 1 atom stereocenters. The Morgan fingerprint density at radius 2 is 1.88 bits per heavy atom. The molecule has 0 saturated carbocycles. The Hall–Kier alpha value is -2.04. The first-order valence-electron chi connectivity index (χ1n) is 7.69. The summed E-state index contributed by atoms with van der Waals surface area (Å²) in [7, 11) is 2.11. The molecule has 0 spiro atoms. The Bertz CT molecular complexity index is 604. The minimum atomic E-state index is -1.82. The van der Waals surface area contributed by atoms with Crippen LogP contribution in [0.25, 0.3) is 5.57 Å². The van der Waals surface area contributed by atoms with E-state index in [1.54, 1.807) is 0 Å². The maximum absolute atomic E-state index is 9.10. The van der Waals surface area contributed by atoms with Crippen LogP contribution >= 0.6 is 11.7 Å². The van der Waals surface area contributed by atoms with Gasteiger partial charge in [-0.25, -0.2) is 9.59 Å². The first-order chi connectivity index (χ1) is 11.7. The van der Waals surface area contributed by atoms with E-state index in [0.29, 0.717) is 5.88 Å². The Balaban J connectivity index is 0.000000450. The van der Waals surface area contributed by atoms with Crippen LogP contribution in [0.1, 0.15) is 32.9 Å². The highest BCUT2D eigenvalue weighted by atomic mass is 32.1. The van der Waals surface area contributed by atoms with Gasteiger partial charge in [0, 0.05) is 13.1 Å². The normalized spacial score (nSPS) is 15.8. The number of carboxylic acid groups (broad SMARTS) is 2. The first kappa shape index (κ1) is 21.0. The highest BCUT2D eigenvalue weighted by molar-refractivity contribution is 6.99. The van der Waals surface area contributed by atoms with Crippen LogP contribution in [0.3, 0.4) is 0 Å². The highest BCUT2D eigenvalue weighted by Crippen LogP contribution is 2.27. The van der Waals surface area contributed by atoms with Crippen molar-refractivity contribution in [2.24, 2.45) is 0 Å². The topological polar surface area (TPSA) is 122 Å². The average Bonchev–Trinajstić information content (AvgIpc) is 2.94. The zero-order valence-electron chi connectivity index (χ0n) is 14.6. The van der Waals surface area contributed by atoms with Gasteiger partial charge >= 0.3 is 11.9 Å². The van der Waals surface area contributed by atoms with Gasteiger partial charge in [0.1, 0.15) is 5.69 Å². The van der Waals surface area contributed by atoms with Crippen molar-refractivity contribution >= 4 is 29.2 Å². The molecular weight excluding hydrogens is 350 g/mol. The van der Waals surface area contributed by atoms with E-state index in [0.717, 1.165) is 25.2 Å². The van der Waals surface area contributed by atoms with E-state index in [9.17, 15) is 0 Å². The molecule has 2 heterocycles. The average molecular weight is 373 g/mol. The van der Waals surface area contributed by atoms with Gasteiger partial charge in [0.15, 0.2) is 6.29 Å². The summed E-state index contributed by atoms with van der Waals surface area (Å²) in [5.74, 6) is -3.07. The van der Waals surface area contributed by atoms with E-state index in [1.807, 2.05) is 20.8 Å². The number of hydrogen-bond acceptors (Lipinski definition) is 8. The third-order valence-corrected chi connectivity index (χ3v) is 3.54. The Labute approximate surface area is 150 Å². The maximum atomic E-state index is 9.10. The molecule has 0 aromatic carbocycles. The number of carbonyl (C=O) groups is 2. The van der Waals surface area contributed by atoms with Gasteiger partial charge in [0.2, 0.25) is 0 Å². The van der Waals surface area contributed by atoms with Crippen molar-refractivity contribution in [1.82, 2.24) is 13.6 Å². The van der Waals surface area contributed by atoms with Crippen LogP contribution in [0.15, 0.2) is 6.08 Å². The van der Waals surface area contributed by atoms with E-state index in [-0.39, 0.29) is 12.4 Å². The van der Waals surface area contributed by atoms with E-state index >= 15 is 0 Å². The molecule has 1 unspecified atom stereocenters. The number of aromatic nitrogens is 2. The second kappa shape index (κ2) is 10.1. The summed E-state index contributed by atoms with van der Waals surface area (Å²) in [6, 6.07) is 0. The second-order valence-electron chi connectivity index (χ2n) is 5.65. The van der Waals surface area contributed by atoms with Gasteiger partial charge in [0.25, 0.3) is 5.88 Å². The van der Waals surface area contributed by atoms with E-state index in [4.69, 9.17) is 29.3 Å². The Morgan fingerprint density at radius 3 is 2.40 bits per heavy atom. The molecule has 1 aromatic rings. The largest absolute Gasteiger partial charge is 0.473 e. The van der Waals surface area contributed by atoms with Crippen LogP contribution in [0.5, 0.6) is 5.88 Å². The smallest absolute Gasteiger partial charge is 0.414 e. The van der Waals surface area contributed by atoms with E-state index in [2.05, 4.69) is 26.8 Å². The van der Waals surface area contributed by atoms with Crippen LogP contribution in [-0.2, 0) is 14.3 Å². The number of nitrogens with zero attached hydrogens (tertiary/aromatic N) is 3. The molecule has 0 saturated heterocycles. The van der Waals surface area contributed by atoms with Gasteiger partial charge in [-0.05, 0) is 39.8 Å². The summed E-state index contributed by atoms with van der Waals surface area (Å²) in [5, 5.41) is 14.8. The lowest BCUT2D eigenvalue weighted by Gasteiger charge is -2.22. The van der Waals surface area contributed by atoms with E-state index < -0.39 is 11.9 Å². The van der Waals surface area contributed by atoms with Gasteiger partial charge in [-0.2, -0.15) is 4.37 Å². The van der Waals surface area contributed by atoms with Gasteiger partial charge in [-0.15, -0.1) is 4.37 Å². The lowest BCUT2D eigenvalue weighted by molar-refractivity contribution is -0.159. The van der Waals surface area contributed by atoms with Crippen molar-refractivity contribution in [2.75, 3.05) is 20.1 Å². The minimum Gasteiger partial charge on any atom is -0.473 e. The number of carboxylic acids is 2. The van der Waals surface area contributed by atoms with E-state index in [1.165, 1.54) is 17.3 Å². The predicted octanol–water partition coefficient (Wildman–Crippen LogP) is 1.56. The molecule has 1 aliphatic heterocycles. The van der Waals surface area contributed by atoms with Crippen LogP contribution < -0.4 is 4.74 Å². The molecule has 25 heavy (non-hydrogen) atoms. The van der Waals surface area contributed by atoms with Crippen LogP contribution in [0, 0.1) is 0 Å². The fraction of sp³-hybridized carbons (Fsp3) is 0.600. The molecular formula is C15H23N3O6S. The third kappa shape index (κ3) is 7.59. The van der Waals surface area contributed by atoms with Crippen molar-refractivity contribution in [2.45, 2.75) is 39.6 Å². The lowest BCUT2D eigenvalue weighted by Crippen LogP contribution is -2.25. The summed E-state index contributed by atoms with van der Waals surface area (Å²) < 4.78 is 19.9. The number of likely N-dealkylation sites (N-methyl/N-ethyl adjacent to an activating group) is 1. The van der Waals surface area contributed by atoms with Crippen LogP contribution in [0.2, 0.25) is 0 Å². The molecule has 9 nitrogen and oxygen atoms in total. The monoisotopic (exact) mass is 373 g/mol. The molecule has 2 N–H and O–H groups in total. The van der Waals surface area contributed by atoms with Crippen molar-refractivity contribution in [1.29, 1.82) is 0 Å². The summed E-state index contributed by atoms with van der Waals surface area (Å²) in [5.41, 5.74) is 2.05. The Kier molecular flexibility index (Phi) is 8.46. The molecule has 0 bridgehead atoms. The van der Waals surface area contributed by atoms with Gasteiger partial charge in [0.05, 0.1) is 17.8 Å². The SMILES string of the molecule is CC(C)OC(C)Oc1nsnc1C1=CCCN(C)C1.O=C(O)C(=O)O. The number of ether oxygens (including phenoxy) is 2. The number of hydrogen-bond donors (Lipinski definition) is 2. The van der Waals surface area contributed by atoms with Crippen molar-refractivity contribution in [3.8, 4) is 5.88 Å². The Morgan fingerprint density at radius 1 is 1.24 bits per heavy atom. The molecule has 1 aliphatic rings. The molecule has 2 rings (SSSR count). The fourth-order valence-electron chi connectivity index (χ4n) is 2.09. The number of aliphatic carboxylic acids is 2. The predicted molar refractivity (Wildman–Crippen MR) is 91.6 cm³/mol. The molecule has 0 radical (unpaired) electrons. The third-order valence-electron chi connectivity index (χ3n) is 3.03. The van der Waals surface area contributed by atoms with Gasteiger partial charge in [-0.3, -0.25) is 0 Å². The summed E-state index contributed by atoms with van der Waals surface area (Å²) >= 11 is 1.18. The van der Waals surface area contributed by atoms with Gasteiger partial charge < -0.3 is 24.6 Å². The standard InChI is InChI=1S/C13H21N3O2S.C2H2O4/c1-9(2)17-10(3)18-13-12(14-19-15-13)11-6-5-7-16(4)8-11;3-1(4)2(5)6/h6,9-10H,5,7-8H2,1-4H3;(H,3,4)(H,5,6). The summed E-state index contributed by atoms with van der Waals surface area (Å²) in [6.45, 7) is 7.83. The molecule has 0 amide bonds. The lowest BCUT2D eigenvalue weighted by atomic mass is 10.1. The highest BCUT2D eigenvalue weighted by Gasteiger charge is 2.20. The fourth-order valence-corrected chi connectivity index (χ4v) is 2.61. The zero-order valence-corrected chi connectivity index (χ0v) is 15.4. The van der Waals surface area contributed by atoms with Crippen LogP contribution in [-0.4, -0.2) is 68.3 Å². The molecule has 1 aromatic heterocycles. The molecule has 0 fully saturated rings. The van der Waals surface area contributed by atoms with Gasteiger partial charge in [-0.1, -0.05) is 6.08 Å². The molecule has 10 heteroatoms. The van der Waals surface area contributed by atoms with Crippen molar-refractivity contribution < 1.29 is 29.3 Å². The first-order valence-corrected chi connectivity index (χ1v) is 8.42.